The molecule has 0 atom stereocenters. The highest BCUT2D eigenvalue weighted by atomic mass is 35.5. The summed E-state index contributed by atoms with van der Waals surface area (Å²) in [5.74, 6) is -0.759. The second-order valence-electron chi connectivity index (χ2n) is 3.82. The van der Waals surface area contributed by atoms with E-state index in [1.165, 1.54) is 0 Å². The topological polar surface area (TPSA) is 43.8 Å². The molecule has 0 radical (unpaired) electrons. The van der Waals surface area contributed by atoms with E-state index in [2.05, 4.69) is 11.5 Å². The first-order valence-electron chi connectivity index (χ1n) is 5.07. The van der Waals surface area contributed by atoms with E-state index in [1.54, 1.807) is 0 Å². The van der Waals surface area contributed by atoms with Crippen molar-refractivity contribution in [3.05, 3.63) is 11.6 Å². The summed E-state index contributed by atoms with van der Waals surface area (Å²) >= 11 is 5.74. The molecule has 0 aromatic carbocycles. The summed E-state index contributed by atoms with van der Waals surface area (Å²) in [6.07, 6.45) is 0.984. The lowest BCUT2D eigenvalue weighted by Gasteiger charge is -2.19. The van der Waals surface area contributed by atoms with Crippen molar-refractivity contribution in [1.29, 1.82) is 0 Å². The molecular formula is C10H17ClN2O2. The Morgan fingerprint density at radius 1 is 1.20 bits per heavy atom. The second-order valence-corrected chi connectivity index (χ2v) is 4.35. The Balaban J connectivity index is 2.34. The predicted octanol–water partition coefficient (Wildman–Crippen LogP) is 0.831. The number of aliphatic carboxylic acids is 1. The summed E-state index contributed by atoms with van der Waals surface area (Å²) in [4.78, 5) is 14.7. The molecule has 86 valence electrons. The fourth-order valence-corrected chi connectivity index (χ4v) is 1.94. The van der Waals surface area contributed by atoms with Gasteiger partial charge in [-0.25, -0.2) is 0 Å². The van der Waals surface area contributed by atoms with Crippen LogP contribution < -0.4 is 0 Å². The number of carboxylic acids is 1. The zero-order chi connectivity index (χ0) is 11.3. The van der Waals surface area contributed by atoms with E-state index in [4.69, 9.17) is 16.7 Å². The minimum absolute atomic E-state index is 0.135. The molecule has 15 heavy (non-hydrogen) atoms. The fourth-order valence-electron chi connectivity index (χ4n) is 1.77. The third-order valence-electron chi connectivity index (χ3n) is 2.44. The quantitative estimate of drug-likeness (QED) is 0.780. The highest BCUT2D eigenvalue weighted by molar-refractivity contribution is 6.29. The summed E-state index contributed by atoms with van der Waals surface area (Å²) in [6.45, 7) is 7.95. The average Bonchev–Trinajstić information content (AvgIpc) is 2.29. The van der Waals surface area contributed by atoms with Crippen LogP contribution >= 0.6 is 11.6 Å². The Kier molecular flexibility index (Phi) is 5.08. The van der Waals surface area contributed by atoms with Crippen molar-refractivity contribution in [1.82, 2.24) is 9.80 Å². The number of hydrogen-bond acceptors (Lipinski definition) is 3. The summed E-state index contributed by atoms with van der Waals surface area (Å²) in [6, 6.07) is 0. The van der Waals surface area contributed by atoms with Crippen LogP contribution in [0.4, 0.5) is 0 Å². The molecule has 0 aromatic rings. The average molecular weight is 233 g/mol. The Morgan fingerprint density at radius 2 is 1.73 bits per heavy atom. The molecule has 1 N–H and O–H groups in total. The van der Waals surface area contributed by atoms with E-state index >= 15 is 0 Å². The SMILES string of the molecule is C=C(Cl)CN1CCCN(CC(=O)O)CC1. The van der Waals surface area contributed by atoms with Gasteiger partial charge in [0.05, 0.1) is 6.54 Å². The number of carbonyl (C=O) groups is 1. The lowest BCUT2D eigenvalue weighted by atomic mass is 10.4. The van der Waals surface area contributed by atoms with Crippen molar-refractivity contribution in [2.75, 3.05) is 39.3 Å². The van der Waals surface area contributed by atoms with Gasteiger partial charge in [0.25, 0.3) is 0 Å². The number of rotatable bonds is 4. The van der Waals surface area contributed by atoms with Crippen molar-refractivity contribution in [3.63, 3.8) is 0 Å². The van der Waals surface area contributed by atoms with E-state index in [0.29, 0.717) is 11.6 Å². The summed E-state index contributed by atoms with van der Waals surface area (Å²) < 4.78 is 0. The highest BCUT2D eigenvalue weighted by Crippen LogP contribution is 2.06. The Labute approximate surface area is 95.1 Å². The Morgan fingerprint density at radius 3 is 2.20 bits per heavy atom. The van der Waals surface area contributed by atoms with Crippen molar-refractivity contribution >= 4 is 17.6 Å². The summed E-state index contributed by atoms with van der Waals surface area (Å²) in [5, 5.41) is 9.32. The minimum atomic E-state index is -0.759. The molecule has 0 amide bonds. The molecule has 0 saturated carbocycles. The van der Waals surface area contributed by atoms with E-state index < -0.39 is 5.97 Å². The maximum Gasteiger partial charge on any atom is 0.317 e. The number of carboxylic acid groups (broad SMARTS) is 1. The molecule has 1 heterocycles. The second kappa shape index (κ2) is 6.10. The van der Waals surface area contributed by atoms with E-state index in [-0.39, 0.29) is 6.54 Å². The number of nitrogens with zero attached hydrogens (tertiary/aromatic N) is 2. The first-order chi connectivity index (χ1) is 7.08. The molecule has 5 heteroatoms. The maximum atomic E-state index is 10.5. The van der Waals surface area contributed by atoms with Gasteiger partial charge >= 0.3 is 5.97 Å². The smallest absolute Gasteiger partial charge is 0.317 e. The van der Waals surface area contributed by atoms with Gasteiger partial charge in [0.15, 0.2) is 0 Å². The maximum absolute atomic E-state index is 10.5. The van der Waals surface area contributed by atoms with E-state index in [1.807, 2.05) is 4.90 Å². The molecule has 1 fully saturated rings. The van der Waals surface area contributed by atoms with Gasteiger partial charge in [-0.05, 0) is 13.0 Å². The minimum Gasteiger partial charge on any atom is -0.480 e. The molecular weight excluding hydrogens is 216 g/mol. The van der Waals surface area contributed by atoms with Crippen molar-refractivity contribution in [2.24, 2.45) is 0 Å². The fraction of sp³-hybridized carbons (Fsp3) is 0.700. The summed E-state index contributed by atoms with van der Waals surface area (Å²) in [5.41, 5.74) is 0. The third kappa shape index (κ3) is 5.16. The largest absolute Gasteiger partial charge is 0.480 e. The normalized spacial score (nSPS) is 19.8. The molecule has 0 unspecified atom stereocenters. The van der Waals surface area contributed by atoms with Crippen molar-refractivity contribution in [2.45, 2.75) is 6.42 Å². The molecule has 0 aliphatic carbocycles. The monoisotopic (exact) mass is 232 g/mol. The van der Waals surface area contributed by atoms with Crippen LogP contribution in [0.5, 0.6) is 0 Å². The van der Waals surface area contributed by atoms with Gasteiger partial charge in [-0.2, -0.15) is 0 Å². The van der Waals surface area contributed by atoms with Gasteiger partial charge in [-0.15, -0.1) is 0 Å². The zero-order valence-corrected chi connectivity index (χ0v) is 9.54. The van der Waals surface area contributed by atoms with Crippen LogP contribution in [0.15, 0.2) is 11.6 Å². The van der Waals surface area contributed by atoms with E-state index in [0.717, 1.165) is 32.6 Å². The molecule has 0 bridgehead atoms. The third-order valence-corrected chi connectivity index (χ3v) is 2.55. The predicted molar refractivity (Wildman–Crippen MR) is 60.1 cm³/mol. The van der Waals surface area contributed by atoms with Crippen LogP contribution in [-0.4, -0.2) is 60.1 Å². The van der Waals surface area contributed by atoms with Gasteiger partial charge in [0, 0.05) is 31.2 Å². The van der Waals surface area contributed by atoms with Gasteiger partial charge in [-0.1, -0.05) is 18.2 Å². The first kappa shape index (κ1) is 12.5. The van der Waals surface area contributed by atoms with Crippen LogP contribution in [0.3, 0.4) is 0 Å². The summed E-state index contributed by atoms with van der Waals surface area (Å²) in [7, 11) is 0. The lowest BCUT2D eigenvalue weighted by Crippen LogP contribution is -2.34. The van der Waals surface area contributed by atoms with Crippen LogP contribution in [0, 0.1) is 0 Å². The Bertz CT molecular complexity index is 222. The van der Waals surface area contributed by atoms with Crippen LogP contribution in [0.2, 0.25) is 0 Å². The molecule has 1 aliphatic rings. The van der Waals surface area contributed by atoms with Crippen molar-refractivity contribution < 1.29 is 9.90 Å². The molecule has 1 aliphatic heterocycles. The van der Waals surface area contributed by atoms with Crippen molar-refractivity contribution in [3.8, 4) is 0 Å². The molecule has 1 rings (SSSR count). The zero-order valence-electron chi connectivity index (χ0n) is 8.78. The highest BCUT2D eigenvalue weighted by Gasteiger charge is 2.16. The molecule has 0 aromatic heterocycles. The van der Waals surface area contributed by atoms with Gasteiger partial charge in [-0.3, -0.25) is 14.6 Å². The lowest BCUT2D eigenvalue weighted by molar-refractivity contribution is -0.138. The first-order valence-corrected chi connectivity index (χ1v) is 5.45. The standard InChI is InChI=1S/C10H17ClN2O2/c1-9(11)7-12-3-2-4-13(6-5-12)8-10(14)15/h1-8H2,(H,14,15). The van der Waals surface area contributed by atoms with E-state index in [9.17, 15) is 4.79 Å². The molecule has 1 saturated heterocycles. The van der Waals surface area contributed by atoms with Crippen LogP contribution in [-0.2, 0) is 4.79 Å². The molecule has 0 spiro atoms. The number of halogens is 1. The van der Waals surface area contributed by atoms with Gasteiger partial charge in [0.1, 0.15) is 0 Å². The number of hydrogen-bond donors (Lipinski definition) is 1. The van der Waals surface area contributed by atoms with Gasteiger partial charge in [0.2, 0.25) is 0 Å². The Hall–Kier alpha value is -0.580. The van der Waals surface area contributed by atoms with Crippen LogP contribution in [0.1, 0.15) is 6.42 Å². The van der Waals surface area contributed by atoms with Gasteiger partial charge < -0.3 is 5.11 Å². The molecule has 4 nitrogen and oxygen atoms in total. The van der Waals surface area contributed by atoms with Crippen LogP contribution in [0.25, 0.3) is 0 Å².